The zero-order valence-corrected chi connectivity index (χ0v) is 26.6. The molecule has 0 aliphatic carbocycles. The van der Waals surface area contributed by atoms with Crippen molar-refractivity contribution in [1.82, 2.24) is 0 Å². The lowest BCUT2D eigenvalue weighted by Gasteiger charge is -2.20. The molecule has 0 unspecified atom stereocenters. The highest BCUT2D eigenvalue weighted by Crippen LogP contribution is 2.35. The second-order valence-corrected chi connectivity index (χ2v) is 11.3. The van der Waals surface area contributed by atoms with Gasteiger partial charge in [-0.3, -0.25) is 0 Å². The van der Waals surface area contributed by atoms with Crippen molar-refractivity contribution in [3.05, 3.63) is 83.9 Å². The van der Waals surface area contributed by atoms with Crippen molar-refractivity contribution in [1.29, 1.82) is 0 Å². The van der Waals surface area contributed by atoms with Crippen molar-refractivity contribution in [2.45, 2.75) is 83.4 Å². The number of benzene rings is 3. The number of unbranched alkanes of at least 4 members (excludes halogenated alkanes) is 7. The number of rotatable bonds is 19. The molecule has 11 heteroatoms. The summed E-state index contributed by atoms with van der Waals surface area (Å²) in [4.78, 5) is 25.0. The molecule has 0 amide bonds. The highest BCUT2D eigenvalue weighted by molar-refractivity contribution is 5.91. The van der Waals surface area contributed by atoms with Crippen LogP contribution in [0.5, 0.6) is 11.5 Å². The maximum absolute atomic E-state index is 12.9. The summed E-state index contributed by atoms with van der Waals surface area (Å²) in [6.45, 7) is 1.66. The fourth-order valence-electron chi connectivity index (χ4n) is 4.51. The Kier molecular flexibility index (Phi) is 14.6. The first-order valence-electron chi connectivity index (χ1n) is 15.8. The fraction of sp³-hybridized carbons (Fsp3) is 0.444. The van der Waals surface area contributed by atoms with E-state index in [0.717, 1.165) is 24.0 Å². The van der Waals surface area contributed by atoms with E-state index in [1.165, 1.54) is 57.6 Å². The molecule has 0 aliphatic heterocycles. The molecule has 0 radical (unpaired) electrons. The Labute approximate surface area is 272 Å². The van der Waals surface area contributed by atoms with Gasteiger partial charge in [-0.05, 0) is 73.0 Å². The van der Waals surface area contributed by atoms with Crippen LogP contribution >= 0.6 is 0 Å². The Morgan fingerprint density at radius 2 is 1.15 bits per heavy atom. The first-order valence-corrected chi connectivity index (χ1v) is 15.8. The molecule has 0 heterocycles. The van der Waals surface area contributed by atoms with E-state index in [2.05, 4.69) is 11.7 Å². The van der Waals surface area contributed by atoms with Gasteiger partial charge in [0.2, 0.25) is 0 Å². The third-order valence-electron chi connectivity index (χ3n) is 7.23. The minimum atomic E-state index is -5.73. The largest absolute Gasteiger partial charge is 0.494 e. The van der Waals surface area contributed by atoms with E-state index < -0.39 is 43.4 Å². The molecule has 0 fully saturated rings. The number of carbonyl (C=O) groups excluding carboxylic acids is 2. The standard InChI is InChI=1S/C36H41F5O6/c1-3-4-5-6-7-8-9-10-23-45-31-19-17-30(18-20-31)34(43)47-32-21-15-28(16-22-32)27-11-13-29(14-12-27)33(42)46-26(2)24-44-25-35(37,38)36(39,40)41/h11-22,26H,3-10,23-25H2,1-2H3/t26-/m1/s1. The van der Waals surface area contributed by atoms with Gasteiger partial charge in [-0.1, -0.05) is 76.1 Å². The topological polar surface area (TPSA) is 71.1 Å². The molecule has 0 N–H and O–H groups in total. The third kappa shape index (κ3) is 12.6. The van der Waals surface area contributed by atoms with Crippen molar-refractivity contribution in [3.63, 3.8) is 0 Å². The summed E-state index contributed by atoms with van der Waals surface area (Å²) in [5.41, 5.74) is 2.05. The third-order valence-corrected chi connectivity index (χ3v) is 7.23. The Balaban J connectivity index is 1.41. The molecule has 1 atom stereocenters. The molecule has 3 aromatic rings. The van der Waals surface area contributed by atoms with Crippen LogP contribution in [0.2, 0.25) is 0 Å². The predicted molar refractivity (Wildman–Crippen MR) is 168 cm³/mol. The SMILES string of the molecule is CCCCCCCCCCOc1ccc(C(=O)Oc2ccc(-c3ccc(C(=O)O[C@H](C)COCC(F)(F)C(F)(F)F)cc3)cc2)cc1. The Bertz CT molecular complexity index is 1370. The van der Waals surface area contributed by atoms with E-state index in [1.807, 2.05) is 0 Å². The van der Waals surface area contributed by atoms with Crippen molar-refractivity contribution in [3.8, 4) is 22.6 Å². The Morgan fingerprint density at radius 1 is 0.660 bits per heavy atom. The van der Waals surface area contributed by atoms with Gasteiger partial charge in [0.1, 0.15) is 24.2 Å². The summed E-state index contributed by atoms with van der Waals surface area (Å²) in [6.07, 6.45) is 3.00. The quantitative estimate of drug-likeness (QED) is 0.0550. The first-order chi connectivity index (χ1) is 22.4. The normalized spacial score (nSPS) is 12.4. The summed E-state index contributed by atoms with van der Waals surface area (Å²) < 4.78 is 83.4. The monoisotopic (exact) mass is 664 g/mol. The lowest BCUT2D eigenvalue weighted by atomic mass is 10.0. The minimum Gasteiger partial charge on any atom is -0.494 e. The van der Waals surface area contributed by atoms with Gasteiger partial charge < -0.3 is 18.9 Å². The van der Waals surface area contributed by atoms with Crippen LogP contribution in [-0.2, 0) is 9.47 Å². The second kappa shape index (κ2) is 18.4. The molecule has 47 heavy (non-hydrogen) atoms. The highest BCUT2D eigenvalue weighted by atomic mass is 19.4. The minimum absolute atomic E-state index is 0.149. The molecule has 3 aromatic carbocycles. The zero-order valence-electron chi connectivity index (χ0n) is 26.6. The average molecular weight is 665 g/mol. The van der Waals surface area contributed by atoms with Gasteiger partial charge in [-0.25, -0.2) is 9.59 Å². The van der Waals surface area contributed by atoms with Crippen molar-refractivity contribution in [2.24, 2.45) is 0 Å². The molecule has 6 nitrogen and oxygen atoms in total. The van der Waals surface area contributed by atoms with Crippen LogP contribution in [0.25, 0.3) is 11.1 Å². The number of halogens is 5. The molecule has 3 rings (SSSR count). The maximum atomic E-state index is 12.9. The summed E-state index contributed by atoms with van der Waals surface area (Å²) in [5.74, 6) is -5.26. The first kappa shape index (κ1) is 37.5. The fourth-order valence-corrected chi connectivity index (χ4v) is 4.51. The predicted octanol–water partition coefficient (Wildman–Crippen LogP) is 9.85. The number of hydrogen-bond donors (Lipinski definition) is 0. The van der Waals surface area contributed by atoms with Crippen LogP contribution < -0.4 is 9.47 Å². The summed E-state index contributed by atoms with van der Waals surface area (Å²) >= 11 is 0. The van der Waals surface area contributed by atoms with Gasteiger partial charge in [0.15, 0.2) is 0 Å². The van der Waals surface area contributed by atoms with Gasteiger partial charge >= 0.3 is 24.0 Å². The Hall–Kier alpha value is -3.99. The summed E-state index contributed by atoms with van der Waals surface area (Å²) in [7, 11) is 0. The lowest BCUT2D eigenvalue weighted by molar-refractivity contribution is -0.297. The Morgan fingerprint density at radius 3 is 1.72 bits per heavy atom. The van der Waals surface area contributed by atoms with E-state index in [-0.39, 0.29) is 5.56 Å². The van der Waals surface area contributed by atoms with Gasteiger partial charge in [-0.2, -0.15) is 22.0 Å². The average Bonchev–Trinajstić information content (AvgIpc) is 3.04. The van der Waals surface area contributed by atoms with Crippen LogP contribution in [0.3, 0.4) is 0 Å². The van der Waals surface area contributed by atoms with Crippen LogP contribution in [-0.4, -0.2) is 50.0 Å². The van der Waals surface area contributed by atoms with E-state index in [9.17, 15) is 31.5 Å². The molecular weight excluding hydrogens is 623 g/mol. The molecular formula is C36H41F5O6. The van der Waals surface area contributed by atoms with Crippen molar-refractivity contribution in [2.75, 3.05) is 19.8 Å². The van der Waals surface area contributed by atoms with E-state index >= 15 is 0 Å². The van der Waals surface area contributed by atoms with E-state index in [0.29, 0.717) is 23.7 Å². The maximum Gasteiger partial charge on any atom is 0.455 e. The van der Waals surface area contributed by atoms with E-state index in [1.54, 1.807) is 60.7 Å². The molecule has 0 saturated carbocycles. The summed E-state index contributed by atoms with van der Waals surface area (Å²) in [6, 6.07) is 19.9. The molecule has 0 aliphatic rings. The number of ether oxygens (including phenoxy) is 4. The van der Waals surface area contributed by atoms with Gasteiger partial charge in [0, 0.05) is 0 Å². The second-order valence-electron chi connectivity index (χ2n) is 11.3. The number of carbonyl (C=O) groups is 2. The van der Waals surface area contributed by atoms with Crippen LogP contribution in [0.15, 0.2) is 72.8 Å². The van der Waals surface area contributed by atoms with Crippen LogP contribution in [0, 0.1) is 0 Å². The molecule has 256 valence electrons. The number of alkyl halides is 5. The van der Waals surface area contributed by atoms with Gasteiger partial charge in [-0.15, -0.1) is 0 Å². The summed E-state index contributed by atoms with van der Waals surface area (Å²) in [5, 5.41) is 0. The molecule has 0 bridgehead atoms. The van der Waals surface area contributed by atoms with Gasteiger partial charge in [0.05, 0.1) is 24.3 Å². The van der Waals surface area contributed by atoms with Gasteiger partial charge in [0.25, 0.3) is 0 Å². The number of esters is 2. The lowest BCUT2D eigenvalue weighted by Crippen LogP contribution is -2.41. The van der Waals surface area contributed by atoms with E-state index in [4.69, 9.17) is 14.2 Å². The van der Waals surface area contributed by atoms with Crippen LogP contribution in [0.4, 0.5) is 22.0 Å². The zero-order chi connectivity index (χ0) is 34.3. The smallest absolute Gasteiger partial charge is 0.455 e. The molecule has 0 spiro atoms. The highest BCUT2D eigenvalue weighted by Gasteiger charge is 2.57. The molecule has 0 saturated heterocycles. The van der Waals surface area contributed by atoms with Crippen molar-refractivity contribution >= 4 is 11.9 Å². The number of hydrogen-bond acceptors (Lipinski definition) is 6. The van der Waals surface area contributed by atoms with Crippen LogP contribution in [0.1, 0.15) is 85.9 Å². The molecule has 0 aromatic heterocycles. The van der Waals surface area contributed by atoms with Crippen molar-refractivity contribution < 1.29 is 50.5 Å².